The number of hydrogen-bond donors (Lipinski definition) is 1. The van der Waals surface area contributed by atoms with E-state index in [2.05, 4.69) is 10.3 Å². The molecule has 0 amide bonds. The molecule has 1 aromatic carbocycles. The van der Waals surface area contributed by atoms with E-state index in [0.29, 0.717) is 18.7 Å². The second-order valence-corrected chi connectivity index (χ2v) is 4.42. The maximum Gasteiger partial charge on any atom is 0.146 e. The smallest absolute Gasteiger partial charge is 0.146 e. The van der Waals surface area contributed by atoms with Crippen molar-refractivity contribution >= 4 is 22.9 Å². The zero-order valence-electron chi connectivity index (χ0n) is 8.41. The molecular weight excluding hydrogens is 247 g/mol. The minimum absolute atomic E-state index is 0.160. The zero-order valence-corrected chi connectivity index (χ0v) is 9.98. The third-order valence-electron chi connectivity index (χ3n) is 2.14. The number of hydrogen-bond acceptors (Lipinski definition) is 3. The van der Waals surface area contributed by atoms with Gasteiger partial charge in [-0.2, -0.15) is 0 Å². The molecule has 0 fully saturated rings. The molecule has 2 rings (SSSR count). The van der Waals surface area contributed by atoms with Crippen molar-refractivity contribution in [2.24, 2.45) is 0 Å². The maximum absolute atomic E-state index is 13.5. The van der Waals surface area contributed by atoms with E-state index >= 15 is 0 Å². The van der Waals surface area contributed by atoms with Crippen molar-refractivity contribution in [2.75, 3.05) is 0 Å². The summed E-state index contributed by atoms with van der Waals surface area (Å²) in [5, 5.41) is 5.24. The first-order chi connectivity index (χ1) is 7.77. The highest BCUT2D eigenvalue weighted by Crippen LogP contribution is 2.17. The van der Waals surface area contributed by atoms with Crippen LogP contribution in [-0.4, -0.2) is 4.98 Å². The topological polar surface area (TPSA) is 24.9 Å². The first-order valence-electron chi connectivity index (χ1n) is 4.78. The first-order valence-corrected chi connectivity index (χ1v) is 6.10. The fraction of sp³-hybridized carbons (Fsp3) is 0.182. The molecule has 0 spiro atoms. The Morgan fingerprint density at radius 1 is 1.38 bits per heavy atom. The monoisotopic (exact) mass is 256 g/mol. The van der Waals surface area contributed by atoms with Crippen LogP contribution in [0.2, 0.25) is 5.02 Å². The van der Waals surface area contributed by atoms with Crippen LogP contribution in [0.5, 0.6) is 0 Å². The lowest BCUT2D eigenvalue weighted by atomic mass is 10.2. The summed E-state index contributed by atoms with van der Waals surface area (Å²) in [5.74, 6) is -0.352. The van der Waals surface area contributed by atoms with Gasteiger partial charge in [-0.3, -0.25) is 0 Å². The van der Waals surface area contributed by atoms with Crippen LogP contribution in [0, 0.1) is 5.82 Å². The highest BCUT2D eigenvalue weighted by molar-refractivity contribution is 7.07. The quantitative estimate of drug-likeness (QED) is 0.909. The summed E-state index contributed by atoms with van der Waals surface area (Å²) in [7, 11) is 0. The molecule has 1 aromatic heterocycles. The van der Waals surface area contributed by atoms with E-state index in [1.54, 1.807) is 35.0 Å². The van der Waals surface area contributed by atoms with Crippen LogP contribution < -0.4 is 5.32 Å². The standard InChI is InChI=1S/C11H10ClFN2S/c12-10-3-1-2-8(11(10)13)4-14-5-9-6-16-7-15-9/h1-3,6-7,14H,4-5H2. The Kier molecular flexibility index (Phi) is 3.88. The minimum Gasteiger partial charge on any atom is -0.307 e. The average molecular weight is 257 g/mol. The van der Waals surface area contributed by atoms with E-state index in [9.17, 15) is 4.39 Å². The largest absolute Gasteiger partial charge is 0.307 e. The van der Waals surface area contributed by atoms with Crippen LogP contribution >= 0.6 is 22.9 Å². The molecule has 0 radical (unpaired) electrons. The molecule has 0 aliphatic heterocycles. The third-order valence-corrected chi connectivity index (χ3v) is 3.06. The summed E-state index contributed by atoms with van der Waals surface area (Å²) in [6, 6.07) is 5.00. The van der Waals surface area contributed by atoms with Gasteiger partial charge in [0.05, 0.1) is 16.2 Å². The lowest BCUT2D eigenvalue weighted by Gasteiger charge is -2.05. The number of nitrogens with zero attached hydrogens (tertiary/aromatic N) is 1. The highest BCUT2D eigenvalue weighted by atomic mass is 35.5. The van der Waals surface area contributed by atoms with E-state index in [1.807, 2.05) is 5.38 Å². The number of thiazole rings is 1. The van der Waals surface area contributed by atoms with Crippen LogP contribution in [0.3, 0.4) is 0 Å². The van der Waals surface area contributed by atoms with Crippen LogP contribution in [0.4, 0.5) is 4.39 Å². The molecule has 0 saturated carbocycles. The maximum atomic E-state index is 13.5. The molecule has 0 atom stereocenters. The molecule has 0 aliphatic carbocycles. The van der Waals surface area contributed by atoms with E-state index in [1.165, 1.54) is 0 Å². The van der Waals surface area contributed by atoms with Crippen LogP contribution in [-0.2, 0) is 13.1 Å². The van der Waals surface area contributed by atoms with Crippen molar-refractivity contribution in [1.29, 1.82) is 0 Å². The predicted octanol–water partition coefficient (Wildman–Crippen LogP) is 3.23. The van der Waals surface area contributed by atoms with Crippen molar-refractivity contribution in [3.8, 4) is 0 Å². The van der Waals surface area contributed by atoms with Crippen molar-refractivity contribution in [3.63, 3.8) is 0 Å². The Balaban J connectivity index is 1.92. The number of halogens is 2. The summed E-state index contributed by atoms with van der Waals surface area (Å²) in [4.78, 5) is 4.12. The molecule has 2 aromatic rings. The molecule has 1 heterocycles. The van der Waals surface area contributed by atoms with Crippen molar-refractivity contribution in [2.45, 2.75) is 13.1 Å². The van der Waals surface area contributed by atoms with Crippen LogP contribution in [0.15, 0.2) is 29.1 Å². The fourth-order valence-corrected chi connectivity index (χ4v) is 2.09. The summed E-state index contributed by atoms with van der Waals surface area (Å²) < 4.78 is 13.5. The normalized spacial score (nSPS) is 10.6. The molecule has 5 heteroatoms. The van der Waals surface area contributed by atoms with Gasteiger partial charge < -0.3 is 5.32 Å². The van der Waals surface area contributed by atoms with E-state index in [4.69, 9.17) is 11.6 Å². The molecule has 0 aliphatic rings. The summed E-state index contributed by atoms with van der Waals surface area (Å²) in [6.07, 6.45) is 0. The van der Waals surface area contributed by atoms with E-state index < -0.39 is 0 Å². The van der Waals surface area contributed by atoms with Crippen molar-refractivity contribution < 1.29 is 4.39 Å². The SMILES string of the molecule is Fc1c(Cl)cccc1CNCc1cscn1. The van der Waals surface area contributed by atoms with Gasteiger partial charge in [-0.05, 0) is 6.07 Å². The first kappa shape index (κ1) is 11.5. The minimum atomic E-state index is -0.352. The van der Waals surface area contributed by atoms with Gasteiger partial charge in [-0.15, -0.1) is 11.3 Å². The molecule has 0 bridgehead atoms. The Bertz CT molecular complexity index is 459. The average Bonchev–Trinajstić information content (AvgIpc) is 2.77. The molecular formula is C11H10ClFN2S. The van der Waals surface area contributed by atoms with Crippen LogP contribution in [0.25, 0.3) is 0 Å². The Hall–Kier alpha value is -0.970. The van der Waals surface area contributed by atoms with Gasteiger partial charge in [-0.1, -0.05) is 23.7 Å². The summed E-state index contributed by atoms with van der Waals surface area (Å²) >= 11 is 7.22. The summed E-state index contributed by atoms with van der Waals surface area (Å²) in [6.45, 7) is 1.08. The molecule has 0 unspecified atom stereocenters. The van der Waals surface area contributed by atoms with Crippen LogP contribution in [0.1, 0.15) is 11.3 Å². The Morgan fingerprint density at radius 3 is 3.00 bits per heavy atom. The molecule has 2 nitrogen and oxygen atoms in total. The fourth-order valence-electron chi connectivity index (χ4n) is 1.34. The van der Waals surface area contributed by atoms with Gasteiger partial charge in [-0.25, -0.2) is 9.37 Å². The van der Waals surface area contributed by atoms with Gasteiger partial charge in [0.1, 0.15) is 5.82 Å². The number of rotatable bonds is 4. The van der Waals surface area contributed by atoms with Gasteiger partial charge in [0.15, 0.2) is 0 Å². The molecule has 0 saturated heterocycles. The van der Waals surface area contributed by atoms with Crippen molar-refractivity contribution in [1.82, 2.24) is 10.3 Å². The van der Waals surface area contributed by atoms with E-state index in [-0.39, 0.29) is 10.8 Å². The number of benzene rings is 1. The molecule has 84 valence electrons. The Morgan fingerprint density at radius 2 is 2.25 bits per heavy atom. The Labute approximate surface area is 102 Å². The number of nitrogens with one attached hydrogen (secondary N) is 1. The second kappa shape index (κ2) is 5.39. The summed E-state index contributed by atoms with van der Waals surface area (Å²) in [5.41, 5.74) is 3.31. The van der Waals surface area contributed by atoms with Gasteiger partial charge in [0, 0.05) is 24.0 Å². The zero-order chi connectivity index (χ0) is 11.4. The predicted molar refractivity (Wildman–Crippen MR) is 64.1 cm³/mol. The lowest BCUT2D eigenvalue weighted by molar-refractivity contribution is 0.586. The third kappa shape index (κ3) is 2.78. The molecule has 1 N–H and O–H groups in total. The lowest BCUT2D eigenvalue weighted by Crippen LogP contribution is -2.13. The van der Waals surface area contributed by atoms with Gasteiger partial charge in [0.25, 0.3) is 0 Å². The number of aromatic nitrogens is 1. The van der Waals surface area contributed by atoms with Crippen molar-refractivity contribution in [3.05, 3.63) is 51.2 Å². The molecule has 16 heavy (non-hydrogen) atoms. The van der Waals surface area contributed by atoms with Gasteiger partial charge in [0.2, 0.25) is 0 Å². The second-order valence-electron chi connectivity index (χ2n) is 3.30. The highest BCUT2D eigenvalue weighted by Gasteiger charge is 2.05. The van der Waals surface area contributed by atoms with Gasteiger partial charge >= 0.3 is 0 Å². The van der Waals surface area contributed by atoms with E-state index in [0.717, 1.165) is 5.69 Å².